The van der Waals surface area contributed by atoms with E-state index in [9.17, 15) is 4.79 Å². The number of aromatic nitrogens is 2. The molecule has 0 bridgehead atoms. The highest BCUT2D eigenvalue weighted by Crippen LogP contribution is 2.18. The normalized spacial score (nSPS) is 15.3. The molecule has 1 aliphatic heterocycles. The summed E-state index contributed by atoms with van der Waals surface area (Å²) >= 11 is 0. The largest absolute Gasteiger partial charge is 0.487 e. The van der Waals surface area contributed by atoms with E-state index in [1.807, 2.05) is 47.1 Å². The van der Waals surface area contributed by atoms with Crippen molar-refractivity contribution >= 4 is 11.6 Å². The molecule has 7 nitrogen and oxygen atoms in total. The van der Waals surface area contributed by atoms with Crippen LogP contribution < -0.4 is 10.1 Å². The zero-order chi connectivity index (χ0) is 21.0. The first-order chi connectivity index (χ1) is 14.5. The van der Waals surface area contributed by atoms with Crippen LogP contribution in [0.25, 0.3) is 5.65 Å². The average Bonchev–Trinajstić information content (AvgIpc) is 3.20. The first-order valence-corrected chi connectivity index (χ1v) is 10.3. The lowest BCUT2D eigenvalue weighted by molar-refractivity contribution is -0.00923. The minimum atomic E-state index is -0.128. The third kappa shape index (κ3) is 4.80. The van der Waals surface area contributed by atoms with Crippen LogP contribution in [0.15, 0.2) is 54.9 Å². The number of benzene rings is 1. The van der Waals surface area contributed by atoms with Gasteiger partial charge in [-0.15, -0.1) is 0 Å². The number of carbonyl (C=O) groups excluding carboxylic acids is 1. The summed E-state index contributed by atoms with van der Waals surface area (Å²) in [4.78, 5) is 19.6. The lowest BCUT2D eigenvalue weighted by Crippen LogP contribution is -2.55. The van der Waals surface area contributed by atoms with E-state index in [1.165, 1.54) is 0 Å². The molecule has 1 aliphatic rings. The van der Waals surface area contributed by atoms with Crippen LogP contribution in [0.5, 0.6) is 5.75 Å². The standard InChI is InChI=1S/C23H28N4O3/c1-23(2,27-10-12-29-13-11-27)17-24-22(28)18-6-5-7-20(14-18)30-16-19-15-26-9-4-3-8-21(26)25-19/h3-9,14-15H,10-13,16-17H2,1-2H3,(H,24,28). The minimum absolute atomic E-state index is 0.102. The van der Waals surface area contributed by atoms with Gasteiger partial charge in [0.15, 0.2) is 0 Å². The number of nitrogens with one attached hydrogen (secondary N) is 1. The summed E-state index contributed by atoms with van der Waals surface area (Å²) in [6.07, 6.45) is 3.90. The van der Waals surface area contributed by atoms with Gasteiger partial charge in [0, 0.05) is 43.1 Å². The van der Waals surface area contributed by atoms with Crippen LogP contribution in [0.4, 0.5) is 0 Å². The first-order valence-electron chi connectivity index (χ1n) is 10.3. The number of hydrogen-bond donors (Lipinski definition) is 1. The second-order valence-electron chi connectivity index (χ2n) is 8.11. The Labute approximate surface area is 176 Å². The Balaban J connectivity index is 1.34. The van der Waals surface area contributed by atoms with E-state index in [1.54, 1.807) is 12.1 Å². The van der Waals surface area contributed by atoms with Crippen LogP contribution in [0, 0.1) is 0 Å². The van der Waals surface area contributed by atoms with Gasteiger partial charge in [-0.3, -0.25) is 9.69 Å². The van der Waals surface area contributed by atoms with Crippen molar-refractivity contribution in [2.75, 3.05) is 32.8 Å². The topological polar surface area (TPSA) is 68.1 Å². The smallest absolute Gasteiger partial charge is 0.251 e. The highest BCUT2D eigenvalue weighted by molar-refractivity contribution is 5.94. The lowest BCUT2D eigenvalue weighted by Gasteiger charge is -2.40. The maximum absolute atomic E-state index is 12.7. The predicted octanol–water partition coefficient (Wildman–Crippen LogP) is 2.75. The number of morpholine rings is 1. The van der Waals surface area contributed by atoms with Crippen molar-refractivity contribution in [1.82, 2.24) is 19.6 Å². The highest BCUT2D eigenvalue weighted by Gasteiger charge is 2.28. The summed E-state index contributed by atoms with van der Waals surface area (Å²) in [5, 5.41) is 3.06. The maximum atomic E-state index is 12.7. The van der Waals surface area contributed by atoms with E-state index in [0.29, 0.717) is 24.5 Å². The fourth-order valence-electron chi connectivity index (χ4n) is 3.62. The van der Waals surface area contributed by atoms with Gasteiger partial charge in [-0.1, -0.05) is 12.1 Å². The predicted molar refractivity (Wildman–Crippen MR) is 115 cm³/mol. The molecule has 3 heterocycles. The molecule has 3 aromatic rings. The van der Waals surface area contributed by atoms with Gasteiger partial charge < -0.3 is 19.2 Å². The summed E-state index contributed by atoms with van der Waals surface area (Å²) < 4.78 is 13.3. The Kier molecular flexibility index (Phi) is 6.01. The molecule has 0 unspecified atom stereocenters. The van der Waals surface area contributed by atoms with Crippen molar-refractivity contribution in [2.24, 2.45) is 0 Å². The number of fused-ring (bicyclic) bond motifs is 1. The Morgan fingerprint density at radius 3 is 2.83 bits per heavy atom. The third-order valence-electron chi connectivity index (χ3n) is 5.45. The van der Waals surface area contributed by atoms with E-state index in [-0.39, 0.29) is 11.4 Å². The SMILES string of the molecule is CC(C)(CNC(=O)c1cccc(OCc2cn3ccccc3n2)c1)N1CCOCC1. The van der Waals surface area contributed by atoms with Crippen LogP contribution in [0.3, 0.4) is 0 Å². The van der Waals surface area contributed by atoms with Crippen molar-refractivity contribution in [1.29, 1.82) is 0 Å². The molecule has 158 valence electrons. The van der Waals surface area contributed by atoms with Crippen molar-refractivity contribution in [3.63, 3.8) is 0 Å². The average molecular weight is 409 g/mol. The Morgan fingerprint density at radius 1 is 1.20 bits per heavy atom. The molecular weight excluding hydrogens is 380 g/mol. The van der Waals surface area contributed by atoms with Gasteiger partial charge in [-0.2, -0.15) is 0 Å². The summed E-state index contributed by atoms with van der Waals surface area (Å²) in [5.74, 6) is 0.543. The highest BCUT2D eigenvalue weighted by atomic mass is 16.5. The number of carbonyl (C=O) groups is 1. The Bertz CT molecular complexity index is 975. The fraction of sp³-hybridized carbons (Fsp3) is 0.391. The van der Waals surface area contributed by atoms with Gasteiger partial charge in [0.05, 0.1) is 18.9 Å². The Morgan fingerprint density at radius 2 is 2.03 bits per heavy atom. The van der Waals surface area contributed by atoms with Crippen LogP contribution >= 0.6 is 0 Å². The zero-order valence-corrected chi connectivity index (χ0v) is 17.5. The molecule has 4 rings (SSSR count). The molecule has 1 aromatic carbocycles. The number of rotatable bonds is 7. The molecule has 0 atom stereocenters. The molecule has 0 spiro atoms. The number of amides is 1. The van der Waals surface area contributed by atoms with Crippen molar-refractivity contribution in [2.45, 2.75) is 26.0 Å². The van der Waals surface area contributed by atoms with Crippen molar-refractivity contribution in [3.8, 4) is 5.75 Å². The molecule has 1 fully saturated rings. The van der Waals surface area contributed by atoms with E-state index < -0.39 is 0 Å². The summed E-state index contributed by atoms with van der Waals surface area (Å²) in [6, 6.07) is 13.1. The van der Waals surface area contributed by atoms with Crippen molar-refractivity contribution < 1.29 is 14.3 Å². The fourth-order valence-corrected chi connectivity index (χ4v) is 3.62. The molecule has 1 amide bonds. The van der Waals surface area contributed by atoms with Gasteiger partial charge in [0.1, 0.15) is 18.0 Å². The molecular formula is C23H28N4O3. The molecule has 2 aromatic heterocycles. The number of imidazole rings is 1. The molecule has 7 heteroatoms. The van der Waals surface area contributed by atoms with Crippen LogP contribution in [0.1, 0.15) is 29.9 Å². The monoisotopic (exact) mass is 408 g/mol. The van der Waals surface area contributed by atoms with E-state index in [2.05, 4.69) is 29.0 Å². The zero-order valence-electron chi connectivity index (χ0n) is 17.5. The molecule has 1 saturated heterocycles. The summed E-state index contributed by atoms with van der Waals surface area (Å²) in [6.45, 7) is 8.45. The number of hydrogen-bond acceptors (Lipinski definition) is 5. The van der Waals surface area contributed by atoms with E-state index in [4.69, 9.17) is 9.47 Å². The van der Waals surface area contributed by atoms with Gasteiger partial charge in [-0.05, 0) is 44.2 Å². The molecule has 0 saturated carbocycles. The van der Waals surface area contributed by atoms with Gasteiger partial charge >= 0.3 is 0 Å². The van der Waals surface area contributed by atoms with Crippen LogP contribution in [-0.4, -0.2) is 58.6 Å². The lowest BCUT2D eigenvalue weighted by atomic mass is 10.0. The van der Waals surface area contributed by atoms with Gasteiger partial charge in [-0.25, -0.2) is 4.98 Å². The van der Waals surface area contributed by atoms with E-state index in [0.717, 1.165) is 37.6 Å². The molecule has 1 N–H and O–H groups in total. The van der Waals surface area contributed by atoms with E-state index >= 15 is 0 Å². The maximum Gasteiger partial charge on any atom is 0.251 e. The molecule has 30 heavy (non-hydrogen) atoms. The first kappa shape index (κ1) is 20.4. The van der Waals surface area contributed by atoms with Gasteiger partial charge in [0.25, 0.3) is 5.91 Å². The quantitative estimate of drug-likeness (QED) is 0.651. The second-order valence-corrected chi connectivity index (χ2v) is 8.11. The third-order valence-corrected chi connectivity index (χ3v) is 5.45. The number of ether oxygens (including phenoxy) is 2. The van der Waals surface area contributed by atoms with Gasteiger partial charge in [0.2, 0.25) is 0 Å². The number of pyridine rings is 1. The molecule has 0 aliphatic carbocycles. The number of nitrogens with zero attached hydrogens (tertiary/aromatic N) is 3. The molecule has 0 radical (unpaired) electrons. The van der Waals surface area contributed by atoms with Crippen molar-refractivity contribution in [3.05, 3.63) is 66.1 Å². The minimum Gasteiger partial charge on any atom is -0.487 e. The summed E-state index contributed by atoms with van der Waals surface area (Å²) in [5.41, 5.74) is 2.17. The second kappa shape index (κ2) is 8.85. The summed E-state index contributed by atoms with van der Waals surface area (Å²) in [7, 11) is 0. The Hall–Kier alpha value is -2.90. The van der Waals surface area contributed by atoms with Crippen LogP contribution in [-0.2, 0) is 11.3 Å². The van der Waals surface area contributed by atoms with Crippen LogP contribution in [0.2, 0.25) is 0 Å².